The number of carbonyl (C=O) groups excluding carboxylic acids is 2. The Kier molecular flexibility index (Phi) is 8.84. The maximum atomic E-state index is 15.7. The third kappa shape index (κ3) is 6.68. The number of pyridine rings is 1. The molecule has 1 N–H and O–H groups in total. The largest absolute Gasteiger partial charge is 0.366 e. The van der Waals surface area contributed by atoms with E-state index in [1.807, 2.05) is 28.0 Å². The summed E-state index contributed by atoms with van der Waals surface area (Å²) in [5, 5.41) is -0.891. The van der Waals surface area contributed by atoms with Gasteiger partial charge in [-0.1, -0.05) is 32.9 Å². The number of thioether (sulfide) groups is 1. The van der Waals surface area contributed by atoms with Crippen molar-refractivity contribution >= 4 is 40.4 Å². The molecule has 7 rings (SSSR count). The van der Waals surface area contributed by atoms with Gasteiger partial charge in [0, 0.05) is 76.1 Å². The number of hydrogen-bond donors (Lipinski definition) is 1. The summed E-state index contributed by atoms with van der Waals surface area (Å²) >= 11 is 1.50. The summed E-state index contributed by atoms with van der Waals surface area (Å²) in [6, 6.07) is 9.62. The number of aromatic amines is 1. The van der Waals surface area contributed by atoms with Crippen LogP contribution in [0, 0.1) is 11.2 Å². The van der Waals surface area contributed by atoms with E-state index in [2.05, 4.69) is 40.5 Å². The number of fused-ring (bicyclic) bond motifs is 1. The summed E-state index contributed by atoms with van der Waals surface area (Å²) in [6.07, 6.45) is 6.39. The molecule has 0 radical (unpaired) electrons. The van der Waals surface area contributed by atoms with Gasteiger partial charge in [-0.25, -0.2) is 14.2 Å². The monoisotopic (exact) mass is 663 g/mol. The second-order valence-corrected chi connectivity index (χ2v) is 16.0. The van der Waals surface area contributed by atoms with E-state index in [1.54, 1.807) is 16.8 Å². The van der Waals surface area contributed by atoms with Crippen LogP contribution in [-0.2, 0) is 9.59 Å². The molecule has 5 heterocycles. The molecule has 1 saturated carbocycles. The van der Waals surface area contributed by atoms with Gasteiger partial charge in [0.05, 0.1) is 16.5 Å². The minimum Gasteiger partial charge on any atom is -0.366 e. The zero-order valence-electron chi connectivity index (χ0n) is 27.7. The zero-order chi connectivity index (χ0) is 32.9. The molecule has 4 aliphatic rings. The molecule has 1 aromatic carbocycles. The van der Waals surface area contributed by atoms with E-state index in [0.29, 0.717) is 49.9 Å². The molecule has 252 valence electrons. The molecule has 12 heteroatoms. The van der Waals surface area contributed by atoms with E-state index >= 15 is 4.39 Å². The third-order valence-electron chi connectivity index (χ3n) is 10.2. The van der Waals surface area contributed by atoms with Crippen LogP contribution in [0.1, 0.15) is 76.3 Å². The van der Waals surface area contributed by atoms with Crippen molar-refractivity contribution < 1.29 is 14.0 Å². The Morgan fingerprint density at radius 2 is 1.72 bits per heavy atom. The summed E-state index contributed by atoms with van der Waals surface area (Å²) in [5.41, 5.74) is 2.61. The van der Waals surface area contributed by atoms with E-state index < -0.39 is 5.25 Å². The van der Waals surface area contributed by atoms with Crippen molar-refractivity contribution in [2.45, 2.75) is 82.0 Å². The molecule has 1 aliphatic carbocycles. The molecular weight excluding hydrogens is 617 g/mol. The van der Waals surface area contributed by atoms with Crippen LogP contribution in [0.3, 0.4) is 0 Å². The highest BCUT2D eigenvalue weighted by Crippen LogP contribution is 2.48. The van der Waals surface area contributed by atoms with Gasteiger partial charge in [0.15, 0.2) is 5.65 Å². The smallest absolute Gasteiger partial charge is 0.327 e. The van der Waals surface area contributed by atoms with Crippen LogP contribution in [0.4, 0.5) is 10.1 Å². The number of hydrogen-bond acceptors (Lipinski definition) is 7. The number of nitrogens with one attached hydrogen (secondary N) is 1. The third-order valence-corrected chi connectivity index (χ3v) is 11.7. The number of likely N-dealkylation sites (tertiary alicyclic amines) is 1. The van der Waals surface area contributed by atoms with Crippen LogP contribution in [0.5, 0.6) is 0 Å². The SMILES string of the molecule is CC(C)(C)CCN1C(=O)C(CC(=O)N2CCC(n3c(=O)[nH]c4ncccc43)CC2)SC1c1cccc(F)c1N1CCN(C2CC2)CC1. The van der Waals surface area contributed by atoms with Crippen molar-refractivity contribution in [3.05, 3.63) is 58.4 Å². The maximum absolute atomic E-state index is 15.7. The topological polar surface area (TPSA) is 97.8 Å². The molecule has 0 spiro atoms. The first kappa shape index (κ1) is 32.2. The molecule has 10 nitrogen and oxygen atoms in total. The Morgan fingerprint density at radius 3 is 2.43 bits per heavy atom. The number of H-pyrrole nitrogens is 1. The van der Waals surface area contributed by atoms with Crippen LogP contribution in [0.25, 0.3) is 11.2 Å². The average molecular weight is 664 g/mol. The van der Waals surface area contributed by atoms with Gasteiger partial charge in [-0.15, -0.1) is 11.8 Å². The summed E-state index contributed by atoms with van der Waals surface area (Å²) in [6.45, 7) is 11.4. The number of anilines is 1. The summed E-state index contributed by atoms with van der Waals surface area (Å²) < 4.78 is 17.5. The highest BCUT2D eigenvalue weighted by Gasteiger charge is 2.44. The van der Waals surface area contributed by atoms with Gasteiger partial charge < -0.3 is 14.7 Å². The lowest BCUT2D eigenvalue weighted by atomic mass is 9.92. The molecule has 4 fully saturated rings. The minimum absolute atomic E-state index is 0.0144. The molecule has 2 unspecified atom stereocenters. The summed E-state index contributed by atoms with van der Waals surface area (Å²) in [4.78, 5) is 56.0. The lowest BCUT2D eigenvalue weighted by Gasteiger charge is -2.38. The fourth-order valence-corrected chi connectivity index (χ4v) is 8.94. The molecule has 2 aromatic heterocycles. The molecule has 2 atom stereocenters. The van der Waals surface area contributed by atoms with Crippen LogP contribution < -0.4 is 10.6 Å². The Balaban J connectivity index is 1.06. The van der Waals surface area contributed by atoms with E-state index in [0.717, 1.165) is 43.7 Å². The molecule has 0 bridgehead atoms. The van der Waals surface area contributed by atoms with E-state index in [-0.39, 0.29) is 46.6 Å². The van der Waals surface area contributed by atoms with Gasteiger partial charge in [-0.2, -0.15) is 0 Å². The van der Waals surface area contributed by atoms with Crippen molar-refractivity contribution in [2.75, 3.05) is 50.7 Å². The van der Waals surface area contributed by atoms with Gasteiger partial charge in [0.25, 0.3) is 0 Å². The quantitative estimate of drug-likeness (QED) is 0.371. The number of carbonyl (C=O) groups is 2. The predicted octanol–water partition coefficient (Wildman–Crippen LogP) is 4.78. The normalized spacial score (nSPS) is 23.3. The number of piperazine rings is 1. The highest BCUT2D eigenvalue weighted by atomic mass is 32.2. The molecule has 2 amide bonds. The fourth-order valence-electron chi connectivity index (χ4n) is 7.45. The van der Waals surface area contributed by atoms with Gasteiger partial charge in [0.2, 0.25) is 11.8 Å². The van der Waals surface area contributed by atoms with Crippen molar-refractivity contribution in [1.29, 1.82) is 0 Å². The number of benzene rings is 1. The molecule has 3 saturated heterocycles. The van der Waals surface area contributed by atoms with E-state index in [1.165, 1.54) is 30.7 Å². The highest BCUT2D eigenvalue weighted by molar-refractivity contribution is 8.01. The number of halogens is 1. The molecular formula is C35H46FN7O3S. The van der Waals surface area contributed by atoms with Crippen LogP contribution in [0.2, 0.25) is 0 Å². The van der Waals surface area contributed by atoms with Gasteiger partial charge in [-0.05, 0) is 55.7 Å². The average Bonchev–Trinajstić information content (AvgIpc) is 3.78. The number of aromatic nitrogens is 3. The minimum atomic E-state index is -0.532. The van der Waals surface area contributed by atoms with Crippen LogP contribution >= 0.6 is 11.8 Å². The maximum Gasteiger partial charge on any atom is 0.327 e. The summed E-state index contributed by atoms with van der Waals surface area (Å²) in [7, 11) is 0. The first-order valence-electron chi connectivity index (χ1n) is 17.1. The Labute approximate surface area is 279 Å². The Morgan fingerprint density at radius 1 is 0.979 bits per heavy atom. The molecule has 3 aromatic rings. The lowest BCUT2D eigenvalue weighted by Crippen LogP contribution is -2.48. The molecule has 3 aliphatic heterocycles. The Bertz CT molecular complexity index is 1680. The standard InChI is InChI=1S/C35H46FN7O3S/c1-35(2,3)13-17-42-32(45)28(22-29(44)40-15-11-24(12-16-40)43-27-8-5-14-37-31(27)38-34(43)46)47-33(42)25-6-4-7-26(36)30(25)41-20-18-39(19-21-41)23-9-10-23/h4-8,14,23-24,28,33H,9-13,15-22H2,1-3H3,(H,37,38,46). The summed E-state index contributed by atoms with van der Waals surface area (Å²) in [5.74, 6) is -0.341. The lowest BCUT2D eigenvalue weighted by molar-refractivity contribution is -0.136. The predicted molar refractivity (Wildman–Crippen MR) is 183 cm³/mol. The molecule has 47 heavy (non-hydrogen) atoms. The number of para-hydroxylation sites is 1. The zero-order valence-corrected chi connectivity index (χ0v) is 28.5. The van der Waals surface area contributed by atoms with Crippen molar-refractivity contribution in [3.8, 4) is 0 Å². The van der Waals surface area contributed by atoms with Gasteiger partial charge in [0.1, 0.15) is 11.2 Å². The second-order valence-electron chi connectivity index (χ2n) is 14.7. The van der Waals surface area contributed by atoms with Crippen molar-refractivity contribution in [1.82, 2.24) is 29.2 Å². The number of imidazole rings is 1. The first-order valence-corrected chi connectivity index (χ1v) is 18.1. The van der Waals surface area contributed by atoms with Gasteiger partial charge >= 0.3 is 5.69 Å². The van der Waals surface area contributed by atoms with Crippen molar-refractivity contribution in [3.63, 3.8) is 0 Å². The Hall–Kier alpha value is -3.38. The van der Waals surface area contributed by atoms with Gasteiger partial charge in [-0.3, -0.25) is 24.0 Å². The number of piperidine rings is 1. The first-order chi connectivity index (χ1) is 22.6. The van der Waals surface area contributed by atoms with E-state index in [4.69, 9.17) is 0 Å². The van der Waals surface area contributed by atoms with E-state index in [9.17, 15) is 14.4 Å². The number of rotatable bonds is 8. The number of amides is 2. The fraction of sp³-hybridized carbons (Fsp3) is 0.600. The van der Waals surface area contributed by atoms with Crippen LogP contribution in [-0.4, -0.2) is 98.2 Å². The van der Waals surface area contributed by atoms with Crippen molar-refractivity contribution in [2.24, 2.45) is 5.41 Å². The number of nitrogens with zero attached hydrogens (tertiary/aromatic N) is 6. The van der Waals surface area contributed by atoms with Crippen LogP contribution in [0.15, 0.2) is 41.3 Å². The second kappa shape index (κ2) is 12.9.